The molecule has 2 aliphatic carbocycles. The molecule has 1 aromatic heterocycles. The van der Waals surface area contributed by atoms with Crippen molar-refractivity contribution in [1.29, 1.82) is 0 Å². The summed E-state index contributed by atoms with van der Waals surface area (Å²) in [4.78, 5) is 4.36. The zero-order chi connectivity index (χ0) is 12.3. The van der Waals surface area contributed by atoms with Gasteiger partial charge in [-0.2, -0.15) is 0 Å². The van der Waals surface area contributed by atoms with Crippen LogP contribution < -0.4 is 10.0 Å². The number of hydrogen-bond acceptors (Lipinski definition) is 5. The first kappa shape index (κ1) is 11.4. The minimum atomic E-state index is -3.19. The van der Waals surface area contributed by atoms with Gasteiger partial charge < -0.3 is 5.73 Å². The van der Waals surface area contributed by atoms with E-state index in [-0.39, 0.29) is 10.8 Å². The fraction of sp³-hybridized carbons (Fsp3) is 0.700. The molecule has 0 amide bonds. The predicted octanol–water partition coefficient (Wildman–Crippen LogP) is 1.02. The highest BCUT2D eigenvalue weighted by Gasteiger charge is 2.44. The molecule has 1 heterocycles. The first-order chi connectivity index (χ1) is 7.93. The van der Waals surface area contributed by atoms with E-state index in [9.17, 15) is 8.42 Å². The largest absolute Gasteiger partial charge is 0.320 e. The van der Waals surface area contributed by atoms with E-state index in [4.69, 9.17) is 5.73 Å². The Hall–Kier alpha value is -0.660. The van der Waals surface area contributed by atoms with Crippen LogP contribution in [0.15, 0.2) is 5.38 Å². The zero-order valence-electron chi connectivity index (χ0n) is 9.59. The lowest BCUT2D eigenvalue weighted by Gasteiger charge is -2.15. The standard InChI is InChI=1S/C10H15N3O2S2/c1-13(17(14,15)7-2-3-7)9-12-8(6-16-9)10(11)4-5-10/h6-7H,2-5,11H2,1H3. The van der Waals surface area contributed by atoms with Gasteiger partial charge in [-0.25, -0.2) is 17.7 Å². The first-order valence-corrected chi connectivity index (χ1v) is 8.04. The minimum Gasteiger partial charge on any atom is -0.320 e. The van der Waals surface area contributed by atoms with Crippen LogP contribution in [-0.2, 0) is 15.6 Å². The summed E-state index contributed by atoms with van der Waals surface area (Å²) in [7, 11) is -1.61. The lowest BCUT2D eigenvalue weighted by atomic mass is 10.2. The van der Waals surface area contributed by atoms with E-state index in [1.54, 1.807) is 7.05 Å². The van der Waals surface area contributed by atoms with Crippen LogP contribution in [0.5, 0.6) is 0 Å². The SMILES string of the molecule is CN(c1nc(C2(N)CC2)cs1)S(=O)(=O)C1CC1. The highest BCUT2D eigenvalue weighted by molar-refractivity contribution is 7.93. The molecule has 0 spiro atoms. The van der Waals surface area contributed by atoms with Crippen molar-refractivity contribution in [2.45, 2.75) is 36.5 Å². The van der Waals surface area contributed by atoms with Gasteiger partial charge in [0, 0.05) is 12.4 Å². The number of anilines is 1. The van der Waals surface area contributed by atoms with Crippen LogP contribution >= 0.6 is 11.3 Å². The molecule has 17 heavy (non-hydrogen) atoms. The molecule has 0 atom stereocenters. The lowest BCUT2D eigenvalue weighted by molar-refractivity contribution is 0.592. The van der Waals surface area contributed by atoms with E-state index in [0.717, 1.165) is 31.4 Å². The van der Waals surface area contributed by atoms with E-state index >= 15 is 0 Å². The number of rotatable bonds is 4. The summed E-state index contributed by atoms with van der Waals surface area (Å²) >= 11 is 1.35. The molecule has 0 bridgehead atoms. The van der Waals surface area contributed by atoms with Crippen LogP contribution in [0.2, 0.25) is 0 Å². The second-order valence-electron chi connectivity index (χ2n) is 4.88. The highest BCUT2D eigenvalue weighted by Crippen LogP contribution is 2.44. The Kier molecular flexibility index (Phi) is 2.30. The molecule has 2 saturated carbocycles. The predicted molar refractivity (Wildman–Crippen MR) is 67.6 cm³/mol. The van der Waals surface area contributed by atoms with Crippen LogP contribution in [0.3, 0.4) is 0 Å². The normalized spacial score (nSPS) is 22.5. The van der Waals surface area contributed by atoms with Crippen molar-refractivity contribution in [3.05, 3.63) is 11.1 Å². The summed E-state index contributed by atoms with van der Waals surface area (Å²) in [5.41, 5.74) is 6.58. The Morgan fingerprint density at radius 1 is 1.53 bits per heavy atom. The van der Waals surface area contributed by atoms with E-state index < -0.39 is 10.0 Å². The molecule has 0 unspecified atom stereocenters. The van der Waals surface area contributed by atoms with Crippen molar-refractivity contribution >= 4 is 26.5 Å². The van der Waals surface area contributed by atoms with Crippen molar-refractivity contribution in [2.75, 3.05) is 11.4 Å². The Morgan fingerprint density at radius 3 is 2.71 bits per heavy atom. The lowest BCUT2D eigenvalue weighted by Crippen LogP contribution is -2.30. The monoisotopic (exact) mass is 273 g/mol. The van der Waals surface area contributed by atoms with Crippen molar-refractivity contribution < 1.29 is 8.42 Å². The van der Waals surface area contributed by atoms with Gasteiger partial charge in [-0.05, 0) is 25.7 Å². The Morgan fingerprint density at radius 2 is 2.18 bits per heavy atom. The summed E-state index contributed by atoms with van der Waals surface area (Å²) in [6.07, 6.45) is 3.42. The molecule has 0 saturated heterocycles. The number of nitrogens with zero attached hydrogens (tertiary/aromatic N) is 2. The molecule has 5 nitrogen and oxygen atoms in total. The van der Waals surface area contributed by atoms with Crippen molar-refractivity contribution in [1.82, 2.24) is 4.98 Å². The molecule has 7 heteroatoms. The first-order valence-electron chi connectivity index (χ1n) is 5.66. The molecule has 2 fully saturated rings. The number of nitrogens with two attached hydrogens (primary N) is 1. The molecule has 3 rings (SSSR count). The average Bonchev–Trinajstić information content (AvgIpc) is 3.19. The van der Waals surface area contributed by atoms with Gasteiger partial charge in [0.05, 0.1) is 16.5 Å². The van der Waals surface area contributed by atoms with Crippen LogP contribution in [0.1, 0.15) is 31.4 Å². The van der Waals surface area contributed by atoms with Gasteiger partial charge in [0.25, 0.3) is 0 Å². The zero-order valence-corrected chi connectivity index (χ0v) is 11.2. The second-order valence-corrected chi connectivity index (χ2v) is 7.96. The topological polar surface area (TPSA) is 76.3 Å². The van der Waals surface area contributed by atoms with Crippen LogP contribution in [0.4, 0.5) is 5.13 Å². The quantitative estimate of drug-likeness (QED) is 0.888. The number of hydrogen-bond donors (Lipinski definition) is 1. The third-order valence-electron chi connectivity index (χ3n) is 3.39. The molecule has 2 aliphatic rings. The third kappa shape index (κ3) is 1.86. The van der Waals surface area contributed by atoms with E-state index in [0.29, 0.717) is 5.13 Å². The van der Waals surface area contributed by atoms with Gasteiger partial charge in [0.2, 0.25) is 10.0 Å². The van der Waals surface area contributed by atoms with Gasteiger partial charge in [-0.3, -0.25) is 0 Å². The van der Waals surface area contributed by atoms with E-state index in [2.05, 4.69) is 4.98 Å². The Bertz CT molecular complexity index is 544. The van der Waals surface area contributed by atoms with Crippen molar-refractivity contribution in [3.63, 3.8) is 0 Å². The number of thiazole rings is 1. The Balaban J connectivity index is 1.86. The molecule has 0 aliphatic heterocycles. The fourth-order valence-electron chi connectivity index (χ4n) is 1.73. The van der Waals surface area contributed by atoms with Gasteiger partial charge in [0.1, 0.15) is 0 Å². The highest BCUT2D eigenvalue weighted by atomic mass is 32.2. The maximum Gasteiger partial charge on any atom is 0.239 e. The smallest absolute Gasteiger partial charge is 0.239 e. The van der Waals surface area contributed by atoms with Crippen LogP contribution in [-0.4, -0.2) is 25.7 Å². The molecular formula is C10H15N3O2S2. The van der Waals surface area contributed by atoms with E-state index in [1.165, 1.54) is 15.6 Å². The fourth-order valence-corrected chi connectivity index (χ4v) is 4.41. The van der Waals surface area contributed by atoms with Crippen molar-refractivity contribution in [2.24, 2.45) is 5.73 Å². The summed E-state index contributed by atoms with van der Waals surface area (Å²) in [6.45, 7) is 0. The van der Waals surface area contributed by atoms with Crippen LogP contribution in [0.25, 0.3) is 0 Å². The third-order valence-corrected chi connectivity index (χ3v) is 6.67. The average molecular weight is 273 g/mol. The number of sulfonamides is 1. The molecular weight excluding hydrogens is 258 g/mol. The maximum absolute atomic E-state index is 12.0. The van der Waals surface area contributed by atoms with Gasteiger partial charge in [0.15, 0.2) is 5.13 Å². The van der Waals surface area contributed by atoms with Crippen LogP contribution in [0, 0.1) is 0 Å². The molecule has 2 N–H and O–H groups in total. The molecule has 1 aromatic rings. The maximum atomic E-state index is 12.0. The molecule has 0 aromatic carbocycles. The summed E-state index contributed by atoms with van der Waals surface area (Å²) in [6, 6.07) is 0. The van der Waals surface area contributed by atoms with Gasteiger partial charge in [-0.1, -0.05) is 0 Å². The van der Waals surface area contributed by atoms with E-state index in [1.807, 2.05) is 5.38 Å². The summed E-state index contributed by atoms with van der Waals surface area (Å²) in [5.74, 6) is 0. The summed E-state index contributed by atoms with van der Waals surface area (Å²) < 4.78 is 25.4. The second kappa shape index (κ2) is 3.43. The minimum absolute atomic E-state index is 0.201. The Labute approximate surface area is 105 Å². The molecule has 94 valence electrons. The number of aromatic nitrogens is 1. The van der Waals surface area contributed by atoms with Gasteiger partial charge in [-0.15, -0.1) is 11.3 Å². The van der Waals surface area contributed by atoms with Gasteiger partial charge >= 0.3 is 0 Å². The molecule has 0 radical (unpaired) electrons. The summed E-state index contributed by atoms with van der Waals surface area (Å²) in [5, 5.41) is 2.21. The van der Waals surface area contributed by atoms with Crippen molar-refractivity contribution in [3.8, 4) is 0 Å².